The Morgan fingerprint density at radius 2 is 2.25 bits per heavy atom. The van der Waals surface area contributed by atoms with Crippen molar-refractivity contribution in [3.05, 3.63) is 34.2 Å². The van der Waals surface area contributed by atoms with Crippen LogP contribution in [0.2, 0.25) is 5.15 Å². The molecule has 1 N–H and O–H groups in total. The van der Waals surface area contributed by atoms with Gasteiger partial charge >= 0.3 is 0 Å². The van der Waals surface area contributed by atoms with Crippen LogP contribution >= 0.6 is 23.8 Å². The molecule has 4 heteroatoms. The highest BCUT2D eigenvalue weighted by atomic mass is 35.5. The smallest absolute Gasteiger partial charge is 0.131 e. The molecule has 2 heterocycles. The van der Waals surface area contributed by atoms with E-state index in [-0.39, 0.29) is 0 Å². The first-order chi connectivity index (χ1) is 5.75. The largest absolute Gasteiger partial charge is 0.346 e. The van der Waals surface area contributed by atoms with Crippen molar-refractivity contribution in [2.24, 2.45) is 0 Å². The van der Waals surface area contributed by atoms with Crippen LogP contribution in [-0.2, 0) is 0 Å². The van der Waals surface area contributed by atoms with Crippen LogP contribution in [0.5, 0.6) is 0 Å². The van der Waals surface area contributed by atoms with Gasteiger partial charge in [0, 0.05) is 11.6 Å². The molecule has 12 heavy (non-hydrogen) atoms. The summed E-state index contributed by atoms with van der Waals surface area (Å²) in [5.74, 6) is 0. The lowest BCUT2D eigenvalue weighted by molar-refractivity contribution is 1.31. The molecule has 0 saturated heterocycles. The summed E-state index contributed by atoms with van der Waals surface area (Å²) in [7, 11) is 0. The van der Waals surface area contributed by atoms with Gasteiger partial charge in [-0.1, -0.05) is 23.8 Å². The number of H-pyrrole nitrogens is 1. The van der Waals surface area contributed by atoms with Crippen molar-refractivity contribution in [3.63, 3.8) is 0 Å². The molecule has 0 aliphatic rings. The highest BCUT2D eigenvalue weighted by Crippen LogP contribution is 2.13. The number of aromatic amines is 1. The molecule has 0 fully saturated rings. The molecule has 0 bridgehead atoms. The fourth-order valence-electron chi connectivity index (χ4n) is 1.02. The molecule has 0 aromatic carbocycles. The first-order valence-corrected chi connectivity index (χ1v) is 4.19. The van der Waals surface area contributed by atoms with Crippen LogP contribution in [0.4, 0.5) is 0 Å². The maximum Gasteiger partial charge on any atom is 0.131 e. The number of hydrogen-bond acceptors (Lipinski definition) is 2. The molecule has 0 atom stereocenters. The van der Waals surface area contributed by atoms with E-state index in [1.165, 1.54) is 0 Å². The Kier molecular flexibility index (Phi) is 1.83. The topological polar surface area (TPSA) is 28.7 Å². The molecule has 2 aromatic heterocycles. The Balaban J connectivity index is 2.89. The Hall–Kier alpha value is -0.930. The second-order valence-electron chi connectivity index (χ2n) is 2.42. The fourth-order valence-corrected chi connectivity index (χ4v) is 1.36. The van der Waals surface area contributed by atoms with Crippen molar-refractivity contribution in [2.75, 3.05) is 0 Å². The van der Waals surface area contributed by atoms with E-state index in [0.29, 0.717) is 9.79 Å². The van der Waals surface area contributed by atoms with Crippen molar-refractivity contribution in [2.45, 2.75) is 0 Å². The second kappa shape index (κ2) is 2.84. The number of hydrogen-bond donors (Lipinski definition) is 1. The number of nitrogens with zero attached hydrogens (tertiary/aromatic N) is 1. The van der Waals surface area contributed by atoms with Gasteiger partial charge in [0.25, 0.3) is 0 Å². The summed E-state index contributed by atoms with van der Waals surface area (Å²) >= 11 is 10.7. The quantitative estimate of drug-likeness (QED) is 0.519. The maximum atomic E-state index is 5.71. The van der Waals surface area contributed by atoms with Gasteiger partial charge in [0.15, 0.2) is 0 Å². The average Bonchev–Trinajstić information content (AvgIpc) is 2.03. The fraction of sp³-hybridized carbons (Fsp3) is 0. The van der Waals surface area contributed by atoms with Crippen molar-refractivity contribution >= 4 is 34.7 Å². The van der Waals surface area contributed by atoms with Gasteiger partial charge in [0.2, 0.25) is 0 Å². The van der Waals surface area contributed by atoms with Crippen LogP contribution in [-0.4, -0.2) is 9.97 Å². The Bertz CT molecular complexity index is 478. The molecule has 2 aromatic rings. The summed E-state index contributed by atoms with van der Waals surface area (Å²) in [4.78, 5) is 6.97. The number of fused-ring (bicyclic) bond motifs is 1. The third-order valence-corrected chi connectivity index (χ3v) is 2.02. The summed E-state index contributed by atoms with van der Waals surface area (Å²) in [6, 6.07) is 5.50. The van der Waals surface area contributed by atoms with Crippen molar-refractivity contribution in [3.8, 4) is 0 Å². The van der Waals surface area contributed by atoms with Crippen LogP contribution in [0.25, 0.3) is 10.9 Å². The van der Waals surface area contributed by atoms with Gasteiger partial charge in [-0.2, -0.15) is 0 Å². The van der Waals surface area contributed by atoms with E-state index < -0.39 is 0 Å². The first-order valence-electron chi connectivity index (χ1n) is 3.40. The van der Waals surface area contributed by atoms with Crippen molar-refractivity contribution in [1.29, 1.82) is 0 Å². The second-order valence-corrected chi connectivity index (χ2v) is 3.24. The molecule has 2 rings (SSSR count). The van der Waals surface area contributed by atoms with Gasteiger partial charge in [0.1, 0.15) is 9.79 Å². The van der Waals surface area contributed by atoms with Crippen LogP contribution < -0.4 is 0 Å². The third-order valence-electron chi connectivity index (χ3n) is 1.57. The van der Waals surface area contributed by atoms with Crippen LogP contribution in [0.1, 0.15) is 0 Å². The predicted molar refractivity (Wildman–Crippen MR) is 51.9 cm³/mol. The Morgan fingerprint density at radius 1 is 1.42 bits per heavy atom. The number of aromatic nitrogens is 2. The van der Waals surface area contributed by atoms with Gasteiger partial charge in [-0.3, -0.25) is 0 Å². The summed E-state index contributed by atoms with van der Waals surface area (Å²) < 4.78 is 0.699. The zero-order valence-corrected chi connectivity index (χ0v) is 7.62. The van der Waals surface area contributed by atoms with E-state index in [2.05, 4.69) is 9.97 Å². The molecule has 2 nitrogen and oxygen atoms in total. The van der Waals surface area contributed by atoms with Crippen molar-refractivity contribution in [1.82, 2.24) is 9.97 Å². The molecule has 0 amide bonds. The number of halogens is 1. The number of rotatable bonds is 0. The van der Waals surface area contributed by atoms with Crippen LogP contribution in [0.3, 0.4) is 0 Å². The lowest BCUT2D eigenvalue weighted by Crippen LogP contribution is -1.81. The molecule has 0 aliphatic carbocycles. The van der Waals surface area contributed by atoms with E-state index in [1.54, 1.807) is 12.3 Å². The maximum absolute atomic E-state index is 5.71. The normalized spacial score (nSPS) is 10.4. The highest BCUT2D eigenvalue weighted by Gasteiger charge is 1.93. The average molecular weight is 197 g/mol. The van der Waals surface area contributed by atoms with E-state index in [1.807, 2.05) is 12.1 Å². The molecular formula is C8H5ClN2S. The summed E-state index contributed by atoms with van der Waals surface area (Å²) in [5, 5.41) is 1.48. The van der Waals surface area contributed by atoms with E-state index >= 15 is 0 Å². The minimum atomic E-state index is 0.472. The minimum Gasteiger partial charge on any atom is -0.346 e. The summed E-state index contributed by atoms with van der Waals surface area (Å²) in [5.41, 5.74) is 0.919. The molecule has 0 unspecified atom stereocenters. The zero-order chi connectivity index (χ0) is 8.55. The molecule has 0 aliphatic heterocycles. The van der Waals surface area contributed by atoms with E-state index in [4.69, 9.17) is 23.8 Å². The monoisotopic (exact) mass is 196 g/mol. The van der Waals surface area contributed by atoms with E-state index in [0.717, 1.165) is 10.9 Å². The predicted octanol–water partition coefficient (Wildman–Crippen LogP) is 2.95. The lowest BCUT2D eigenvalue weighted by atomic mass is 10.3. The number of nitrogens with one attached hydrogen (secondary N) is 1. The van der Waals surface area contributed by atoms with E-state index in [9.17, 15) is 0 Å². The van der Waals surface area contributed by atoms with Crippen LogP contribution in [0, 0.1) is 4.64 Å². The minimum absolute atomic E-state index is 0.472. The lowest BCUT2D eigenvalue weighted by Gasteiger charge is -1.96. The molecule has 0 saturated carbocycles. The zero-order valence-electron chi connectivity index (χ0n) is 6.04. The summed E-state index contributed by atoms with van der Waals surface area (Å²) in [6.07, 6.45) is 1.71. The highest BCUT2D eigenvalue weighted by molar-refractivity contribution is 7.71. The van der Waals surface area contributed by atoms with Crippen molar-refractivity contribution < 1.29 is 0 Å². The third kappa shape index (κ3) is 1.33. The molecule has 60 valence electrons. The standard InChI is InChI=1S/C8H5ClN2S/c9-7-3-6-5(4-10-7)1-2-8(12)11-6/h1-4H,(H,11,12). The van der Waals surface area contributed by atoms with Gasteiger partial charge in [-0.15, -0.1) is 0 Å². The number of pyridine rings is 2. The first kappa shape index (κ1) is 7.71. The molecular weight excluding hydrogens is 192 g/mol. The van der Waals surface area contributed by atoms with Gasteiger partial charge in [-0.25, -0.2) is 4.98 Å². The van der Waals surface area contributed by atoms with Crippen LogP contribution in [0.15, 0.2) is 24.4 Å². The van der Waals surface area contributed by atoms with Gasteiger partial charge in [-0.05, 0) is 18.2 Å². The van der Waals surface area contributed by atoms with Gasteiger partial charge in [0.05, 0.1) is 5.52 Å². The van der Waals surface area contributed by atoms with Gasteiger partial charge < -0.3 is 4.98 Å². The SMILES string of the molecule is S=c1ccc2cnc(Cl)cc2[nH]1. The molecule has 0 spiro atoms. The Labute approximate surface area is 79.2 Å². The molecule has 0 radical (unpaired) electrons. The summed E-state index contributed by atoms with van der Waals surface area (Å²) in [6.45, 7) is 0. The Morgan fingerprint density at radius 3 is 3.08 bits per heavy atom.